The summed E-state index contributed by atoms with van der Waals surface area (Å²) in [5, 5.41) is 10.6. The summed E-state index contributed by atoms with van der Waals surface area (Å²) in [7, 11) is 0. The summed E-state index contributed by atoms with van der Waals surface area (Å²) in [6, 6.07) is 13.4. The lowest BCUT2D eigenvalue weighted by atomic mass is 10.0. The molecule has 0 bridgehead atoms. The van der Waals surface area contributed by atoms with Gasteiger partial charge in [0.2, 0.25) is 0 Å². The molecule has 1 aliphatic heterocycles. The number of nitrogens with one attached hydrogen (secondary N) is 2. The summed E-state index contributed by atoms with van der Waals surface area (Å²) in [4.78, 5) is 4.25. The maximum Gasteiger partial charge on any atom is 0.274 e. The number of aromatic nitrogens is 2. The fraction of sp³-hybridized carbons (Fsp3) is 0.455. The molecule has 0 unspecified atom stereocenters. The Morgan fingerprint density at radius 2 is 1.75 bits per heavy atom. The second-order valence-corrected chi connectivity index (χ2v) is 9.07. The van der Waals surface area contributed by atoms with Crippen molar-refractivity contribution in [2.45, 2.75) is 39.3 Å². The topological polar surface area (TPSA) is 47.8 Å². The molecule has 1 aromatic carbocycles. The van der Waals surface area contributed by atoms with Gasteiger partial charge in [-0.2, -0.15) is 0 Å². The van der Waals surface area contributed by atoms with Crippen LogP contribution in [0.2, 0.25) is 0 Å². The van der Waals surface area contributed by atoms with Gasteiger partial charge >= 0.3 is 0 Å². The van der Waals surface area contributed by atoms with Crippen molar-refractivity contribution in [2.75, 3.05) is 26.2 Å². The van der Waals surface area contributed by atoms with E-state index in [0.29, 0.717) is 11.8 Å². The highest BCUT2D eigenvalue weighted by molar-refractivity contribution is 7.13. The van der Waals surface area contributed by atoms with Crippen LogP contribution in [0.1, 0.15) is 49.7 Å². The predicted molar refractivity (Wildman–Crippen MR) is 112 cm³/mol. The van der Waals surface area contributed by atoms with Gasteiger partial charge in [0.1, 0.15) is 32.7 Å². The molecule has 2 aromatic heterocycles. The minimum atomic E-state index is 0.244. The normalized spacial score (nSPS) is 21.1. The number of benzene rings is 1. The van der Waals surface area contributed by atoms with Gasteiger partial charge in [-0.05, 0) is 29.9 Å². The molecule has 1 atom stereocenters. The van der Waals surface area contributed by atoms with Crippen LogP contribution in [0, 0.1) is 0 Å². The van der Waals surface area contributed by atoms with Gasteiger partial charge in [-0.15, -0.1) is 21.5 Å². The Balaban J connectivity index is 1.31. The van der Waals surface area contributed by atoms with Gasteiger partial charge in [0.05, 0.1) is 4.88 Å². The van der Waals surface area contributed by atoms with Gasteiger partial charge in [-0.1, -0.05) is 44.2 Å². The number of hydrogen-bond acceptors (Lipinski definition) is 4. The quantitative estimate of drug-likeness (QED) is 0.667. The van der Waals surface area contributed by atoms with E-state index in [1.54, 1.807) is 21.1 Å². The first kappa shape index (κ1) is 19.3. The molecule has 6 heteroatoms. The lowest BCUT2D eigenvalue weighted by molar-refractivity contribution is -1.03. The smallest absolute Gasteiger partial charge is 0.274 e. The monoisotopic (exact) mass is 398 g/mol. The fourth-order valence-electron chi connectivity index (χ4n) is 3.93. The van der Waals surface area contributed by atoms with Crippen LogP contribution < -0.4 is 9.80 Å². The molecule has 0 radical (unpaired) electrons. The largest absolute Gasteiger partial charge is 0.414 e. The zero-order valence-electron chi connectivity index (χ0n) is 16.9. The highest BCUT2D eigenvalue weighted by atomic mass is 32.1. The van der Waals surface area contributed by atoms with E-state index in [4.69, 9.17) is 4.42 Å². The molecule has 3 aromatic rings. The summed E-state index contributed by atoms with van der Waals surface area (Å²) in [6.45, 7) is 12.4. The van der Waals surface area contributed by atoms with Gasteiger partial charge in [-0.3, -0.25) is 0 Å². The third kappa shape index (κ3) is 4.35. The minimum Gasteiger partial charge on any atom is -0.414 e. The average molecular weight is 399 g/mol. The number of quaternary nitrogens is 2. The molecule has 0 spiro atoms. The van der Waals surface area contributed by atoms with E-state index in [-0.39, 0.29) is 6.04 Å². The number of thiophene rings is 1. The second kappa shape index (κ2) is 8.55. The minimum absolute atomic E-state index is 0.244. The molecule has 0 saturated carbocycles. The van der Waals surface area contributed by atoms with Crippen LogP contribution in [-0.2, 0) is 6.54 Å². The molecule has 0 aliphatic carbocycles. The highest BCUT2D eigenvalue weighted by Gasteiger charge is 2.31. The van der Waals surface area contributed by atoms with Crippen molar-refractivity contribution < 1.29 is 14.2 Å². The Bertz CT molecular complexity index is 864. The van der Waals surface area contributed by atoms with Crippen LogP contribution >= 0.6 is 11.3 Å². The number of rotatable bonds is 6. The van der Waals surface area contributed by atoms with Gasteiger partial charge < -0.3 is 14.2 Å². The lowest BCUT2D eigenvalue weighted by Crippen LogP contribution is -3.27. The lowest BCUT2D eigenvalue weighted by Gasteiger charge is -2.32. The Morgan fingerprint density at radius 1 is 1.00 bits per heavy atom. The van der Waals surface area contributed by atoms with Crippen molar-refractivity contribution >= 4 is 11.3 Å². The standard InChI is InChI=1S/C22H28N4OS/c1-16(2)19-8-6-18(7-9-19)15-25-10-12-26(13-11-25)17(3)21-23-24-22(27-21)20-5-4-14-28-20/h4-9,14,16-17H,10-13,15H2,1-3H3/p+2/t17-/m1/s1. The summed E-state index contributed by atoms with van der Waals surface area (Å²) in [6.07, 6.45) is 0. The molecule has 148 valence electrons. The van der Waals surface area contributed by atoms with Crippen LogP contribution in [0.3, 0.4) is 0 Å². The molecule has 4 rings (SSSR count). The zero-order chi connectivity index (χ0) is 19.5. The highest BCUT2D eigenvalue weighted by Crippen LogP contribution is 2.24. The third-order valence-corrected chi connectivity index (χ3v) is 6.71. The molecular formula is C22H30N4OS+2. The molecular weight excluding hydrogens is 368 g/mol. The second-order valence-electron chi connectivity index (χ2n) is 8.13. The van der Waals surface area contributed by atoms with E-state index in [9.17, 15) is 0 Å². The Morgan fingerprint density at radius 3 is 2.39 bits per heavy atom. The average Bonchev–Trinajstić information content (AvgIpc) is 3.40. The fourth-order valence-corrected chi connectivity index (χ4v) is 4.57. The maximum absolute atomic E-state index is 5.96. The summed E-state index contributed by atoms with van der Waals surface area (Å²) in [5.41, 5.74) is 2.86. The first-order valence-corrected chi connectivity index (χ1v) is 11.1. The molecule has 0 amide bonds. The Labute approximate surface area is 171 Å². The molecule has 1 fully saturated rings. The van der Waals surface area contributed by atoms with Crippen molar-refractivity contribution in [3.63, 3.8) is 0 Å². The van der Waals surface area contributed by atoms with Crippen LogP contribution in [0.4, 0.5) is 0 Å². The van der Waals surface area contributed by atoms with E-state index in [1.807, 2.05) is 17.5 Å². The van der Waals surface area contributed by atoms with Crippen molar-refractivity contribution in [3.8, 4) is 10.8 Å². The molecule has 3 heterocycles. The summed E-state index contributed by atoms with van der Waals surface area (Å²) >= 11 is 1.63. The summed E-state index contributed by atoms with van der Waals surface area (Å²) < 4.78 is 5.96. The van der Waals surface area contributed by atoms with Crippen molar-refractivity contribution in [3.05, 3.63) is 58.8 Å². The van der Waals surface area contributed by atoms with Crippen LogP contribution in [-0.4, -0.2) is 36.4 Å². The first-order valence-electron chi connectivity index (χ1n) is 10.2. The van der Waals surface area contributed by atoms with E-state index in [2.05, 4.69) is 55.2 Å². The summed E-state index contributed by atoms with van der Waals surface area (Å²) in [5.74, 6) is 2.00. The SMILES string of the molecule is CC(C)c1ccc(C[NH+]2CC[NH+]([C@H](C)c3nnc(-c4cccs4)o3)CC2)cc1. The van der Waals surface area contributed by atoms with Gasteiger partial charge in [0.25, 0.3) is 11.8 Å². The van der Waals surface area contributed by atoms with Crippen LogP contribution in [0.25, 0.3) is 10.8 Å². The van der Waals surface area contributed by atoms with Crippen molar-refractivity contribution in [1.82, 2.24) is 10.2 Å². The van der Waals surface area contributed by atoms with Crippen LogP contribution in [0.15, 0.2) is 46.2 Å². The predicted octanol–water partition coefficient (Wildman–Crippen LogP) is 1.97. The van der Waals surface area contributed by atoms with Crippen molar-refractivity contribution in [2.24, 2.45) is 0 Å². The Kier molecular flexibility index (Phi) is 5.90. The van der Waals surface area contributed by atoms with E-state index in [1.165, 1.54) is 24.2 Å². The maximum atomic E-state index is 5.96. The molecule has 5 nitrogen and oxygen atoms in total. The molecule has 2 N–H and O–H groups in total. The number of hydrogen-bond donors (Lipinski definition) is 2. The number of nitrogens with zero attached hydrogens (tertiary/aromatic N) is 2. The molecule has 1 aliphatic rings. The Hall–Kier alpha value is -2.02. The van der Waals surface area contributed by atoms with Gasteiger partial charge in [-0.25, -0.2) is 0 Å². The van der Waals surface area contributed by atoms with E-state index >= 15 is 0 Å². The molecule has 1 saturated heterocycles. The zero-order valence-corrected chi connectivity index (χ0v) is 17.8. The van der Waals surface area contributed by atoms with Gasteiger partial charge in [0.15, 0.2) is 6.04 Å². The molecule has 28 heavy (non-hydrogen) atoms. The van der Waals surface area contributed by atoms with Crippen LogP contribution in [0.5, 0.6) is 0 Å². The first-order chi connectivity index (χ1) is 13.6. The third-order valence-electron chi connectivity index (χ3n) is 5.86. The van der Waals surface area contributed by atoms with Crippen molar-refractivity contribution in [1.29, 1.82) is 0 Å². The van der Waals surface area contributed by atoms with E-state index in [0.717, 1.165) is 30.4 Å². The number of piperazine rings is 1. The van der Waals surface area contributed by atoms with E-state index < -0.39 is 0 Å². The van der Waals surface area contributed by atoms with Gasteiger partial charge in [0, 0.05) is 5.56 Å².